The third kappa shape index (κ3) is 3.01. The van der Waals surface area contributed by atoms with E-state index in [9.17, 15) is 18.0 Å². The first-order valence-corrected chi connectivity index (χ1v) is 8.86. The number of hydrogen-bond donors (Lipinski definition) is 1. The van der Waals surface area contributed by atoms with Crippen LogP contribution < -0.4 is 14.8 Å². The van der Waals surface area contributed by atoms with E-state index in [1.807, 2.05) is 0 Å². The highest BCUT2D eigenvalue weighted by Crippen LogP contribution is 2.44. The van der Waals surface area contributed by atoms with Crippen molar-refractivity contribution in [3.8, 4) is 11.5 Å². The Bertz CT molecular complexity index is 894. The fraction of sp³-hybridized carbons (Fsp3) is 0.350. The van der Waals surface area contributed by atoms with Gasteiger partial charge in [-0.2, -0.15) is 0 Å². The largest absolute Gasteiger partial charge is 0.454 e. The van der Waals surface area contributed by atoms with Crippen LogP contribution in [0, 0.1) is 17.5 Å². The predicted molar refractivity (Wildman–Crippen MR) is 92.3 cm³/mol. The summed E-state index contributed by atoms with van der Waals surface area (Å²) in [5.41, 5.74) is -0.521. The van der Waals surface area contributed by atoms with E-state index in [2.05, 4.69) is 5.32 Å². The summed E-state index contributed by atoms with van der Waals surface area (Å²) in [5.74, 6) is -3.57. The summed E-state index contributed by atoms with van der Waals surface area (Å²) in [6.45, 7) is 0.123. The number of nitrogens with one attached hydrogen (secondary N) is 1. The summed E-state index contributed by atoms with van der Waals surface area (Å²) in [4.78, 5) is 13.2. The van der Waals surface area contributed by atoms with Crippen molar-refractivity contribution >= 4 is 11.6 Å². The van der Waals surface area contributed by atoms with Crippen LogP contribution in [-0.2, 0) is 10.2 Å². The summed E-state index contributed by atoms with van der Waals surface area (Å²) in [5, 5.41) is 2.46. The first-order chi connectivity index (χ1) is 13.0. The minimum absolute atomic E-state index is 0.123. The lowest BCUT2D eigenvalue weighted by atomic mass is 9.68. The highest BCUT2D eigenvalue weighted by atomic mass is 19.2. The van der Waals surface area contributed by atoms with Gasteiger partial charge < -0.3 is 14.8 Å². The van der Waals surface area contributed by atoms with Gasteiger partial charge in [-0.25, -0.2) is 13.2 Å². The van der Waals surface area contributed by atoms with Crippen LogP contribution in [-0.4, -0.2) is 12.7 Å². The Morgan fingerprint density at radius 2 is 1.67 bits per heavy atom. The number of benzene rings is 2. The molecule has 0 radical (unpaired) electrons. The zero-order valence-electron chi connectivity index (χ0n) is 14.5. The lowest BCUT2D eigenvalue weighted by Crippen LogP contribution is -2.42. The van der Waals surface area contributed by atoms with E-state index in [1.165, 1.54) is 0 Å². The Hall–Kier alpha value is -2.70. The first-order valence-electron chi connectivity index (χ1n) is 8.86. The van der Waals surface area contributed by atoms with Gasteiger partial charge in [0.1, 0.15) is 0 Å². The van der Waals surface area contributed by atoms with Crippen molar-refractivity contribution in [2.75, 3.05) is 12.1 Å². The average molecular weight is 377 g/mol. The van der Waals surface area contributed by atoms with Gasteiger partial charge in [0.25, 0.3) is 0 Å². The molecule has 4 nitrogen and oxygen atoms in total. The molecule has 1 aliphatic carbocycles. The van der Waals surface area contributed by atoms with Crippen LogP contribution in [0.4, 0.5) is 18.9 Å². The van der Waals surface area contributed by atoms with E-state index in [0.29, 0.717) is 24.3 Å². The molecule has 1 amide bonds. The number of halogens is 3. The fourth-order valence-corrected chi connectivity index (χ4v) is 3.86. The number of carbonyl (C=O) groups excluding carboxylic acids is 1. The van der Waals surface area contributed by atoms with E-state index < -0.39 is 28.8 Å². The normalized spacial score (nSPS) is 17.6. The van der Waals surface area contributed by atoms with E-state index in [1.54, 1.807) is 18.2 Å². The van der Waals surface area contributed by atoms with Crippen molar-refractivity contribution < 1.29 is 27.4 Å². The summed E-state index contributed by atoms with van der Waals surface area (Å²) < 4.78 is 51.5. The van der Waals surface area contributed by atoms with E-state index in [4.69, 9.17) is 9.47 Å². The number of fused-ring (bicyclic) bond motifs is 1. The molecule has 2 aromatic carbocycles. The maximum Gasteiger partial charge on any atom is 0.235 e. The molecular formula is C20H18F3NO3. The number of anilines is 1. The summed E-state index contributed by atoms with van der Waals surface area (Å²) in [7, 11) is 0. The molecule has 142 valence electrons. The zero-order chi connectivity index (χ0) is 19.0. The van der Waals surface area contributed by atoms with Crippen LogP contribution in [0.3, 0.4) is 0 Å². The highest BCUT2D eigenvalue weighted by molar-refractivity contribution is 5.99. The van der Waals surface area contributed by atoms with Gasteiger partial charge in [0.2, 0.25) is 12.7 Å². The molecule has 1 N–H and O–H groups in total. The fourth-order valence-electron chi connectivity index (χ4n) is 3.86. The van der Waals surface area contributed by atoms with Crippen molar-refractivity contribution in [2.45, 2.75) is 37.5 Å². The monoisotopic (exact) mass is 377 g/mol. The predicted octanol–water partition coefficient (Wildman–Crippen LogP) is 4.67. The highest BCUT2D eigenvalue weighted by Gasteiger charge is 2.42. The molecule has 4 rings (SSSR count). The first kappa shape index (κ1) is 17.7. The van der Waals surface area contributed by atoms with Crippen LogP contribution in [0.25, 0.3) is 0 Å². The van der Waals surface area contributed by atoms with Crippen LogP contribution in [0.1, 0.15) is 37.7 Å². The van der Waals surface area contributed by atoms with Crippen molar-refractivity contribution in [1.82, 2.24) is 0 Å². The molecule has 2 aromatic rings. The molecule has 7 heteroatoms. The Morgan fingerprint density at radius 1 is 0.926 bits per heavy atom. The third-order valence-corrected chi connectivity index (χ3v) is 5.35. The molecule has 0 aromatic heterocycles. The van der Waals surface area contributed by atoms with Crippen LogP contribution in [0.2, 0.25) is 0 Å². The summed E-state index contributed by atoms with van der Waals surface area (Å²) >= 11 is 0. The van der Waals surface area contributed by atoms with Crippen LogP contribution in [0.5, 0.6) is 11.5 Å². The molecule has 0 spiro atoms. The van der Waals surface area contributed by atoms with Gasteiger partial charge in [-0.1, -0.05) is 25.3 Å². The number of rotatable bonds is 3. The van der Waals surface area contributed by atoms with Gasteiger partial charge in [0, 0.05) is 0 Å². The van der Waals surface area contributed by atoms with Gasteiger partial charge in [-0.3, -0.25) is 4.79 Å². The van der Waals surface area contributed by atoms with E-state index in [0.717, 1.165) is 37.0 Å². The van der Waals surface area contributed by atoms with E-state index in [-0.39, 0.29) is 12.5 Å². The summed E-state index contributed by atoms with van der Waals surface area (Å²) in [6.07, 6.45) is 3.82. The van der Waals surface area contributed by atoms with Crippen molar-refractivity contribution in [1.29, 1.82) is 0 Å². The van der Waals surface area contributed by atoms with Gasteiger partial charge in [-0.15, -0.1) is 0 Å². The van der Waals surface area contributed by atoms with Gasteiger partial charge in [0.15, 0.2) is 29.0 Å². The third-order valence-electron chi connectivity index (χ3n) is 5.35. The molecule has 1 fully saturated rings. The molecule has 1 heterocycles. The van der Waals surface area contributed by atoms with Gasteiger partial charge in [0.05, 0.1) is 11.1 Å². The molecule has 1 saturated carbocycles. The van der Waals surface area contributed by atoms with E-state index >= 15 is 0 Å². The second-order valence-electron chi connectivity index (χ2n) is 6.89. The van der Waals surface area contributed by atoms with Gasteiger partial charge in [-0.05, 0) is 42.7 Å². The second kappa shape index (κ2) is 6.79. The smallest absolute Gasteiger partial charge is 0.235 e. The molecule has 2 aliphatic rings. The minimum atomic E-state index is -1.60. The van der Waals surface area contributed by atoms with Crippen LogP contribution >= 0.6 is 0 Å². The molecule has 0 bridgehead atoms. The van der Waals surface area contributed by atoms with Crippen LogP contribution in [0.15, 0.2) is 30.3 Å². The Labute approximate surface area is 154 Å². The Morgan fingerprint density at radius 3 is 2.44 bits per heavy atom. The molecule has 27 heavy (non-hydrogen) atoms. The number of hydrogen-bond acceptors (Lipinski definition) is 3. The maximum atomic E-state index is 14.0. The number of carbonyl (C=O) groups is 1. The summed E-state index contributed by atoms with van der Waals surface area (Å²) in [6, 6.07) is 7.15. The minimum Gasteiger partial charge on any atom is -0.454 e. The lowest BCUT2D eigenvalue weighted by molar-refractivity contribution is -0.122. The topological polar surface area (TPSA) is 47.6 Å². The van der Waals surface area contributed by atoms with Crippen molar-refractivity contribution in [2.24, 2.45) is 0 Å². The quantitative estimate of drug-likeness (QED) is 0.791. The second-order valence-corrected chi connectivity index (χ2v) is 6.89. The zero-order valence-corrected chi connectivity index (χ0v) is 14.5. The molecule has 0 saturated heterocycles. The van der Waals surface area contributed by atoms with Crippen molar-refractivity contribution in [3.63, 3.8) is 0 Å². The van der Waals surface area contributed by atoms with Gasteiger partial charge >= 0.3 is 0 Å². The lowest BCUT2D eigenvalue weighted by Gasteiger charge is -2.36. The standard InChI is InChI=1S/C20H18F3NO3/c21-13-5-6-14(18(23)17(13)22)24-19(25)20(8-2-1-3-9-20)12-4-7-15-16(10-12)27-11-26-15/h4-7,10H,1-3,8-9,11H2,(H,24,25). The number of amides is 1. The van der Waals surface area contributed by atoms with Crippen molar-refractivity contribution in [3.05, 3.63) is 53.3 Å². The number of ether oxygens (including phenoxy) is 2. The Kier molecular flexibility index (Phi) is 4.45. The SMILES string of the molecule is O=C(Nc1ccc(F)c(F)c1F)C1(c2ccc3c(c2)OCO3)CCCCC1. The molecule has 1 aliphatic heterocycles. The molecular weight excluding hydrogens is 359 g/mol. The molecule has 0 atom stereocenters. The average Bonchev–Trinajstić information content (AvgIpc) is 3.16. The Balaban J connectivity index is 1.70. The maximum absolute atomic E-state index is 14.0. The molecule has 0 unspecified atom stereocenters.